The summed E-state index contributed by atoms with van der Waals surface area (Å²) in [5.74, 6) is 0.629. The van der Waals surface area contributed by atoms with Crippen molar-refractivity contribution in [3.63, 3.8) is 0 Å². The van der Waals surface area contributed by atoms with E-state index in [2.05, 4.69) is 93.6 Å². The topological polar surface area (TPSA) is 0 Å². The molecule has 0 fully saturated rings. The fourth-order valence-corrected chi connectivity index (χ4v) is 3.11. The first kappa shape index (κ1) is 19.0. The Morgan fingerprint density at radius 3 is 1.68 bits per heavy atom. The monoisotopic (exact) mass is 330 g/mol. The summed E-state index contributed by atoms with van der Waals surface area (Å²) in [5.41, 5.74) is 7.98. The Morgan fingerprint density at radius 1 is 0.680 bits per heavy atom. The average Bonchev–Trinajstić information content (AvgIpc) is 2.69. The van der Waals surface area contributed by atoms with Crippen LogP contribution in [0.5, 0.6) is 0 Å². The molecule has 0 radical (unpaired) electrons. The van der Waals surface area contributed by atoms with Gasteiger partial charge in [0.15, 0.2) is 0 Å². The zero-order valence-electron chi connectivity index (χ0n) is 16.2. The second-order valence-corrected chi connectivity index (χ2v) is 6.32. The lowest BCUT2D eigenvalue weighted by Gasteiger charge is -2.14. The SMILES string of the molecule is CC.CCC(C)c1ccc(-c2ccc(-c3ccccc3)cc2)cc1C. The fraction of sp³-hybridized carbons (Fsp3) is 0.280. The maximum Gasteiger partial charge on any atom is -0.0181 e. The van der Waals surface area contributed by atoms with E-state index in [-0.39, 0.29) is 0 Å². The van der Waals surface area contributed by atoms with Gasteiger partial charge in [-0.15, -0.1) is 0 Å². The Hall–Kier alpha value is -2.34. The summed E-state index contributed by atoms with van der Waals surface area (Å²) < 4.78 is 0. The van der Waals surface area contributed by atoms with E-state index in [1.807, 2.05) is 13.8 Å². The van der Waals surface area contributed by atoms with Crippen molar-refractivity contribution in [2.24, 2.45) is 0 Å². The van der Waals surface area contributed by atoms with Crippen molar-refractivity contribution in [2.75, 3.05) is 0 Å². The summed E-state index contributed by atoms with van der Waals surface area (Å²) in [4.78, 5) is 0. The molecular formula is C25H30. The van der Waals surface area contributed by atoms with Crippen LogP contribution in [-0.2, 0) is 0 Å². The molecule has 0 N–H and O–H groups in total. The molecule has 0 nitrogen and oxygen atoms in total. The molecule has 3 aromatic carbocycles. The zero-order valence-corrected chi connectivity index (χ0v) is 16.2. The highest BCUT2D eigenvalue weighted by atomic mass is 14.1. The summed E-state index contributed by atoms with van der Waals surface area (Å²) >= 11 is 0. The van der Waals surface area contributed by atoms with Crippen LogP contribution in [0.2, 0.25) is 0 Å². The lowest BCUT2D eigenvalue weighted by molar-refractivity contribution is 0.728. The molecule has 1 unspecified atom stereocenters. The molecule has 130 valence electrons. The minimum Gasteiger partial charge on any atom is -0.0683 e. The van der Waals surface area contributed by atoms with E-state index < -0.39 is 0 Å². The van der Waals surface area contributed by atoms with Crippen LogP contribution in [0.15, 0.2) is 72.8 Å². The van der Waals surface area contributed by atoms with E-state index in [1.165, 1.54) is 39.8 Å². The standard InChI is InChI=1S/C23H24.C2H6/c1-4-17(2)23-15-14-22(16-18(23)3)21-12-10-20(11-13-21)19-8-6-5-7-9-19;1-2/h5-17H,4H2,1-3H3;1-2H3. The van der Waals surface area contributed by atoms with Crippen LogP contribution in [0.3, 0.4) is 0 Å². The molecule has 0 aliphatic rings. The lowest BCUT2D eigenvalue weighted by Crippen LogP contribution is -1.95. The quantitative estimate of drug-likeness (QED) is 0.456. The van der Waals surface area contributed by atoms with Gasteiger partial charge in [-0.2, -0.15) is 0 Å². The largest absolute Gasteiger partial charge is 0.0683 e. The van der Waals surface area contributed by atoms with Crippen LogP contribution >= 0.6 is 0 Å². The fourth-order valence-electron chi connectivity index (χ4n) is 3.11. The van der Waals surface area contributed by atoms with Crippen LogP contribution in [0.4, 0.5) is 0 Å². The molecule has 0 heteroatoms. The van der Waals surface area contributed by atoms with Crippen LogP contribution in [0.1, 0.15) is 51.2 Å². The predicted molar refractivity (Wildman–Crippen MR) is 112 cm³/mol. The molecule has 0 bridgehead atoms. The maximum atomic E-state index is 2.32. The van der Waals surface area contributed by atoms with Crippen molar-refractivity contribution in [3.8, 4) is 22.3 Å². The lowest BCUT2D eigenvalue weighted by atomic mass is 9.91. The van der Waals surface area contributed by atoms with Crippen LogP contribution in [0.25, 0.3) is 22.3 Å². The summed E-state index contributed by atoms with van der Waals surface area (Å²) in [7, 11) is 0. The molecule has 0 heterocycles. The molecule has 25 heavy (non-hydrogen) atoms. The van der Waals surface area contributed by atoms with Crippen molar-refractivity contribution in [1.29, 1.82) is 0 Å². The van der Waals surface area contributed by atoms with Crippen molar-refractivity contribution < 1.29 is 0 Å². The van der Waals surface area contributed by atoms with Crippen LogP contribution in [-0.4, -0.2) is 0 Å². The van der Waals surface area contributed by atoms with E-state index in [0.717, 1.165) is 0 Å². The van der Waals surface area contributed by atoms with Gasteiger partial charge in [0.25, 0.3) is 0 Å². The van der Waals surface area contributed by atoms with Gasteiger partial charge in [0.05, 0.1) is 0 Å². The third-order valence-electron chi connectivity index (χ3n) is 4.74. The Labute approximate surface area is 153 Å². The first-order chi connectivity index (χ1) is 12.2. The van der Waals surface area contributed by atoms with Gasteiger partial charge in [-0.3, -0.25) is 0 Å². The molecule has 3 rings (SSSR count). The third-order valence-corrected chi connectivity index (χ3v) is 4.74. The minimum absolute atomic E-state index is 0.629. The van der Waals surface area contributed by atoms with Gasteiger partial charge in [0.2, 0.25) is 0 Å². The van der Waals surface area contributed by atoms with Gasteiger partial charge in [-0.1, -0.05) is 100 Å². The highest BCUT2D eigenvalue weighted by Crippen LogP contribution is 2.29. The molecule has 0 spiro atoms. The van der Waals surface area contributed by atoms with Gasteiger partial charge >= 0.3 is 0 Å². The summed E-state index contributed by atoms with van der Waals surface area (Å²) in [6, 6.07) is 26.3. The van der Waals surface area contributed by atoms with E-state index in [9.17, 15) is 0 Å². The third kappa shape index (κ3) is 4.60. The highest BCUT2D eigenvalue weighted by molar-refractivity contribution is 5.71. The van der Waals surface area contributed by atoms with Crippen molar-refractivity contribution in [3.05, 3.63) is 83.9 Å². The van der Waals surface area contributed by atoms with Crippen molar-refractivity contribution in [2.45, 2.75) is 47.0 Å². The molecule has 0 saturated heterocycles. The molecule has 0 aliphatic carbocycles. The second-order valence-electron chi connectivity index (χ2n) is 6.32. The highest BCUT2D eigenvalue weighted by Gasteiger charge is 2.08. The first-order valence-corrected chi connectivity index (χ1v) is 9.45. The zero-order chi connectivity index (χ0) is 18.2. The average molecular weight is 331 g/mol. The van der Waals surface area contributed by atoms with Gasteiger partial charge in [-0.05, 0) is 52.6 Å². The molecular weight excluding hydrogens is 300 g/mol. The van der Waals surface area contributed by atoms with Crippen LogP contribution < -0.4 is 0 Å². The van der Waals surface area contributed by atoms with Gasteiger partial charge < -0.3 is 0 Å². The number of hydrogen-bond acceptors (Lipinski definition) is 0. The maximum absolute atomic E-state index is 2.32. The summed E-state index contributed by atoms with van der Waals surface area (Å²) in [6.07, 6.45) is 1.19. The molecule has 0 aliphatic heterocycles. The van der Waals surface area contributed by atoms with E-state index >= 15 is 0 Å². The van der Waals surface area contributed by atoms with Gasteiger partial charge in [-0.25, -0.2) is 0 Å². The second kappa shape index (κ2) is 9.22. The first-order valence-electron chi connectivity index (χ1n) is 9.45. The van der Waals surface area contributed by atoms with E-state index in [1.54, 1.807) is 0 Å². The predicted octanol–water partition coefficient (Wildman–Crippen LogP) is 7.87. The normalized spacial score (nSPS) is 11.4. The molecule has 0 amide bonds. The van der Waals surface area contributed by atoms with Crippen molar-refractivity contribution in [1.82, 2.24) is 0 Å². The van der Waals surface area contributed by atoms with Crippen molar-refractivity contribution >= 4 is 0 Å². The summed E-state index contributed by atoms with van der Waals surface area (Å²) in [6.45, 7) is 10.8. The molecule has 0 saturated carbocycles. The van der Waals surface area contributed by atoms with E-state index in [4.69, 9.17) is 0 Å². The smallest absolute Gasteiger partial charge is 0.0181 e. The molecule has 1 atom stereocenters. The number of rotatable bonds is 4. The molecule has 3 aromatic rings. The Balaban J connectivity index is 0.00000109. The van der Waals surface area contributed by atoms with Gasteiger partial charge in [0, 0.05) is 0 Å². The number of aryl methyl sites for hydroxylation is 1. The Morgan fingerprint density at radius 2 is 1.16 bits per heavy atom. The Kier molecular flexibility index (Phi) is 7.01. The minimum atomic E-state index is 0.629. The Bertz CT molecular complexity index is 767. The molecule has 0 aromatic heterocycles. The van der Waals surface area contributed by atoms with Crippen LogP contribution in [0, 0.1) is 6.92 Å². The number of benzene rings is 3. The van der Waals surface area contributed by atoms with Gasteiger partial charge in [0.1, 0.15) is 0 Å². The summed E-state index contributed by atoms with van der Waals surface area (Å²) in [5, 5.41) is 0. The van der Waals surface area contributed by atoms with E-state index in [0.29, 0.717) is 5.92 Å². The number of hydrogen-bond donors (Lipinski definition) is 0.